The zero-order chi connectivity index (χ0) is 12.3. The molecule has 0 saturated heterocycles. The zero-order valence-corrected chi connectivity index (χ0v) is 14.5. The normalized spacial score (nSPS) is 17.6. The molecular formula is C12H27IOSi. The summed E-state index contributed by atoms with van der Waals surface area (Å²) >= 11 is 2.47. The van der Waals surface area contributed by atoms with Crippen molar-refractivity contribution in [3.05, 3.63) is 0 Å². The summed E-state index contributed by atoms with van der Waals surface area (Å²) in [6.45, 7) is 16.1. The topological polar surface area (TPSA) is 9.23 Å². The summed E-state index contributed by atoms with van der Waals surface area (Å²) in [6.07, 6.45) is 1.63. The Morgan fingerprint density at radius 3 is 2.00 bits per heavy atom. The van der Waals surface area contributed by atoms with Crippen LogP contribution in [0.15, 0.2) is 0 Å². The quantitative estimate of drug-likeness (QED) is 0.394. The third-order valence-electron chi connectivity index (χ3n) is 3.67. The van der Waals surface area contributed by atoms with E-state index in [4.69, 9.17) is 4.43 Å². The maximum absolute atomic E-state index is 6.38. The second-order valence-corrected chi connectivity index (χ2v) is 11.5. The summed E-state index contributed by atoms with van der Waals surface area (Å²) in [6, 6.07) is 0. The van der Waals surface area contributed by atoms with Crippen LogP contribution < -0.4 is 0 Å². The highest BCUT2D eigenvalue weighted by molar-refractivity contribution is 14.1. The van der Waals surface area contributed by atoms with Crippen LogP contribution in [0.5, 0.6) is 0 Å². The van der Waals surface area contributed by atoms with Gasteiger partial charge in [0.1, 0.15) is 0 Å². The fraction of sp³-hybridized carbons (Fsp3) is 1.00. The molecule has 0 bridgehead atoms. The van der Waals surface area contributed by atoms with Gasteiger partial charge in [-0.25, -0.2) is 0 Å². The lowest BCUT2D eigenvalue weighted by molar-refractivity contribution is 0.144. The maximum Gasteiger partial charge on any atom is 0.192 e. The van der Waals surface area contributed by atoms with Crippen molar-refractivity contribution in [2.24, 2.45) is 5.92 Å². The lowest BCUT2D eigenvalue weighted by Crippen LogP contribution is -2.45. The van der Waals surface area contributed by atoms with Gasteiger partial charge in [0.25, 0.3) is 0 Å². The average molecular weight is 342 g/mol. The minimum absolute atomic E-state index is 0.324. The second kappa shape index (κ2) is 6.01. The van der Waals surface area contributed by atoms with Crippen LogP contribution in [0, 0.1) is 5.92 Å². The molecule has 92 valence electrons. The van der Waals surface area contributed by atoms with Crippen molar-refractivity contribution in [3.8, 4) is 0 Å². The van der Waals surface area contributed by atoms with Crippen molar-refractivity contribution < 1.29 is 4.43 Å². The first-order valence-electron chi connectivity index (χ1n) is 5.89. The highest BCUT2D eigenvalue weighted by Crippen LogP contribution is 2.38. The fourth-order valence-corrected chi connectivity index (χ4v) is 4.12. The number of rotatable bonds is 5. The molecular weight excluding hydrogens is 315 g/mol. The highest BCUT2D eigenvalue weighted by atomic mass is 127. The molecule has 0 fully saturated rings. The monoisotopic (exact) mass is 342 g/mol. The molecule has 0 aromatic rings. The van der Waals surface area contributed by atoms with E-state index in [1.165, 1.54) is 10.8 Å². The molecule has 0 aliphatic rings. The van der Waals surface area contributed by atoms with Gasteiger partial charge in [0.05, 0.1) is 0 Å². The van der Waals surface area contributed by atoms with Gasteiger partial charge in [-0.2, -0.15) is 0 Å². The molecule has 0 rings (SSSR count). The molecule has 0 saturated carbocycles. The smallest absolute Gasteiger partial charge is 0.192 e. The van der Waals surface area contributed by atoms with E-state index in [0.29, 0.717) is 17.1 Å². The summed E-state index contributed by atoms with van der Waals surface area (Å²) in [7, 11) is -1.57. The van der Waals surface area contributed by atoms with Gasteiger partial charge in [0.15, 0.2) is 8.32 Å². The van der Waals surface area contributed by atoms with E-state index >= 15 is 0 Å². The van der Waals surface area contributed by atoms with Crippen molar-refractivity contribution in [1.29, 1.82) is 0 Å². The molecule has 2 atom stereocenters. The van der Waals surface area contributed by atoms with E-state index in [1.54, 1.807) is 0 Å². The fourth-order valence-electron chi connectivity index (χ4n) is 1.30. The maximum atomic E-state index is 6.38. The Morgan fingerprint density at radius 2 is 1.73 bits per heavy atom. The zero-order valence-electron chi connectivity index (χ0n) is 11.4. The molecule has 0 aliphatic heterocycles. The van der Waals surface area contributed by atoms with E-state index < -0.39 is 8.32 Å². The van der Waals surface area contributed by atoms with Gasteiger partial charge in [0, 0.05) is 10.5 Å². The summed E-state index contributed by atoms with van der Waals surface area (Å²) in [5.41, 5.74) is 0. The SMILES string of the molecule is CC[C@H](CI)[C@H](C)O[Si](C)(C)C(C)(C)C. The lowest BCUT2D eigenvalue weighted by atomic mass is 10.0. The second-order valence-electron chi connectivity index (χ2n) is 5.91. The van der Waals surface area contributed by atoms with Crippen molar-refractivity contribution in [1.82, 2.24) is 0 Å². The summed E-state index contributed by atoms with van der Waals surface area (Å²) < 4.78 is 7.58. The molecule has 0 aromatic heterocycles. The minimum atomic E-state index is -1.57. The van der Waals surface area contributed by atoms with Crippen molar-refractivity contribution in [3.63, 3.8) is 0 Å². The molecule has 0 aromatic carbocycles. The molecule has 0 radical (unpaired) electrons. The molecule has 0 heterocycles. The summed E-state index contributed by atoms with van der Waals surface area (Å²) in [5, 5.41) is 0.324. The van der Waals surface area contributed by atoms with Crippen LogP contribution in [0.3, 0.4) is 0 Å². The average Bonchev–Trinajstić information content (AvgIpc) is 2.03. The Labute approximate surface area is 111 Å². The number of halogens is 1. The Morgan fingerprint density at radius 1 is 1.27 bits per heavy atom. The largest absolute Gasteiger partial charge is 0.414 e. The first-order chi connectivity index (χ1) is 6.65. The van der Waals surface area contributed by atoms with Crippen LogP contribution in [0.1, 0.15) is 41.0 Å². The summed E-state index contributed by atoms with van der Waals surface area (Å²) in [5.74, 6) is 0.708. The van der Waals surface area contributed by atoms with Crippen LogP contribution in [-0.4, -0.2) is 18.8 Å². The van der Waals surface area contributed by atoms with Crippen molar-refractivity contribution in [2.45, 2.75) is 65.3 Å². The van der Waals surface area contributed by atoms with Crippen LogP contribution in [0.25, 0.3) is 0 Å². The van der Waals surface area contributed by atoms with Gasteiger partial charge >= 0.3 is 0 Å². The van der Waals surface area contributed by atoms with Crippen LogP contribution in [0.4, 0.5) is 0 Å². The lowest BCUT2D eigenvalue weighted by Gasteiger charge is -2.40. The van der Waals surface area contributed by atoms with E-state index in [0.717, 1.165) is 0 Å². The van der Waals surface area contributed by atoms with Gasteiger partial charge in [-0.1, -0.05) is 56.7 Å². The van der Waals surface area contributed by atoms with Crippen molar-refractivity contribution >= 4 is 30.9 Å². The molecule has 0 amide bonds. The van der Waals surface area contributed by atoms with E-state index in [2.05, 4.69) is 70.3 Å². The molecule has 0 aliphatic carbocycles. The molecule has 15 heavy (non-hydrogen) atoms. The first kappa shape index (κ1) is 15.9. The molecule has 0 unspecified atom stereocenters. The Kier molecular flexibility index (Phi) is 6.37. The predicted octanol–water partition coefficient (Wildman–Crippen LogP) is 4.86. The van der Waals surface area contributed by atoms with Crippen LogP contribution >= 0.6 is 22.6 Å². The van der Waals surface area contributed by atoms with Crippen molar-refractivity contribution in [2.75, 3.05) is 4.43 Å². The molecule has 3 heteroatoms. The van der Waals surface area contributed by atoms with Gasteiger partial charge in [-0.05, 0) is 31.0 Å². The number of hydrogen-bond donors (Lipinski definition) is 0. The third-order valence-corrected chi connectivity index (χ3v) is 9.38. The van der Waals surface area contributed by atoms with Gasteiger partial charge in [-0.15, -0.1) is 0 Å². The van der Waals surface area contributed by atoms with E-state index in [1.807, 2.05) is 0 Å². The van der Waals surface area contributed by atoms with Crippen LogP contribution in [0.2, 0.25) is 18.1 Å². The van der Waals surface area contributed by atoms with E-state index in [-0.39, 0.29) is 0 Å². The van der Waals surface area contributed by atoms with E-state index in [9.17, 15) is 0 Å². The minimum Gasteiger partial charge on any atom is -0.414 e. The Balaban J connectivity index is 4.45. The number of alkyl halides is 1. The predicted molar refractivity (Wildman–Crippen MR) is 80.4 cm³/mol. The standard InChI is InChI=1S/C12H27IOSi/c1-8-11(9-13)10(2)14-15(6,7)12(3,4)5/h10-11H,8-9H2,1-7H3/t10-,11+/m0/s1. The Hall–Kier alpha value is 0.907. The highest BCUT2D eigenvalue weighted by Gasteiger charge is 2.39. The molecule has 0 spiro atoms. The van der Waals surface area contributed by atoms with Gasteiger partial charge in [0.2, 0.25) is 0 Å². The Bertz CT molecular complexity index is 183. The molecule has 0 N–H and O–H groups in total. The van der Waals surface area contributed by atoms with Gasteiger partial charge < -0.3 is 4.43 Å². The van der Waals surface area contributed by atoms with Crippen LogP contribution in [-0.2, 0) is 4.43 Å². The molecule has 1 nitrogen and oxygen atoms in total. The van der Waals surface area contributed by atoms with Gasteiger partial charge in [-0.3, -0.25) is 0 Å². The first-order valence-corrected chi connectivity index (χ1v) is 10.3. The number of hydrogen-bond acceptors (Lipinski definition) is 1. The summed E-state index contributed by atoms with van der Waals surface area (Å²) in [4.78, 5) is 0. The third kappa shape index (κ3) is 4.73.